The molecule has 1 aromatic rings. The lowest BCUT2D eigenvalue weighted by molar-refractivity contribution is -0.888. The molecule has 0 aromatic carbocycles. The van der Waals surface area contributed by atoms with Gasteiger partial charge in [-0.05, 0) is 51.9 Å². The molecule has 130 valence electrons. The molecule has 6 heteroatoms. The maximum Gasteiger partial charge on any atom is 0.737 e. The lowest BCUT2D eigenvalue weighted by Gasteiger charge is -2.34. The van der Waals surface area contributed by atoms with E-state index in [4.69, 9.17) is 0 Å². The van der Waals surface area contributed by atoms with Crippen molar-refractivity contribution in [3.63, 3.8) is 0 Å². The first kappa shape index (κ1) is 17.1. The Labute approximate surface area is 143 Å². The normalized spacial score (nSPS) is 19.1. The fraction of sp³-hybridized carbons (Fsp3) is 0.500. The summed E-state index contributed by atoms with van der Waals surface area (Å²) in [4.78, 5) is 1.40. The van der Waals surface area contributed by atoms with Crippen LogP contribution in [-0.4, -0.2) is 41.3 Å². The van der Waals surface area contributed by atoms with Gasteiger partial charge in [-0.3, -0.25) is 0 Å². The van der Waals surface area contributed by atoms with Crippen LogP contribution >= 0.6 is 0 Å². The monoisotopic (exact) mass is 334 g/mol. The molecule has 3 rings (SSSR count). The van der Waals surface area contributed by atoms with Crippen LogP contribution in [0.5, 0.6) is 0 Å². The van der Waals surface area contributed by atoms with Crippen LogP contribution in [0.4, 0.5) is 8.63 Å². The third-order valence-electron chi connectivity index (χ3n) is 5.46. The summed E-state index contributed by atoms with van der Waals surface area (Å²) in [7, 11) is 0. The van der Waals surface area contributed by atoms with Gasteiger partial charge in [0.05, 0.1) is 18.7 Å². The highest BCUT2D eigenvalue weighted by atomic mass is 19.2. The van der Waals surface area contributed by atoms with Crippen LogP contribution in [0, 0.1) is 13.8 Å². The Morgan fingerprint density at radius 1 is 1.12 bits per heavy atom. The van der Waals surface area contributed by atoms with E-state index in [0.29, 0.717) is 11.4 Å². The second-order valence-corrected chi connectivity index (χ2v) is 7.08. The minimum Gasteiger partial charge on any atom is -0.393 e. The molecule has 0 bridgehead atoms. The zero-order valence-electron chi connectivity index (χ0n) is 15.5. The number of allylic oxidation sites excluding steroid dienone is 2. The van der Waals surface area contributed by atoms with Crippen molar-refractivity contribution in [2.24, 2.45) is 0 Å². The topological polar surface area (TPSA) is 12.4 Å². The van der Waals surface area contributed by atoms with Crippen molar-refractivity contribution in [1.82, 2.24) is 4.48 Å². The van der Waals surface area contributed by atoms with E-state index >= 15 is 8.63 Å². The number of fused-ring (bicyclic) bond motifs is 2. The number of aromatic nitrogens is 1. The lowest BCUT2D eigenvalue weighted by atomic mass is 9.86. The van der Waals surface area contributed by atoms with Crippen LogP contribution in [-0.2, 0) is 0 Å². The third-order valence-corrected chi connectivity index (χ3v) is 5.46. The summed E-state index contributed by atoms with van der Waals surface area (Å²) in [6.07, 6.45) is 1.89. The van der Waals surface area contributed by atoms with Gasteiger partial charge in [-0.15, -0.1) is 0 Å². The van der Waals surface area contributed by atoms with Crippen LogP contribution in [0.1, 0.15) is 44.6 Å². The molecule has 0 aliphatic carbocycles. The van der Waals surface area contributed by atoms with Crippen molar-refractivity contribution in [3.8, 4) is 0 Å². The molecular formula is C18H27BF2N3+. The van der Waals surface area contributed by atoms with Gasteiger partial charge >= 0.3 is 6.97 Å². The van der Waals surface area contributed by atoms with Crippen molar-refractivity contribution in [2.75, 3.05) is 19.6 Å². The second kappa shape index (κ2) is 5.69. The van der Waals surface area contributed by atoms with E-state index in [1.807, 2.05) is 26.0 Å². The molecule has 2 aliphatic rings. The average molecular weight is 334 g/mol. The van der Waals surface area contributed by atoms with Gasteiger partial charge in [-0.2, -0.15) is 0 Å². The number of aryl methyl sites for hydroxylation is 2. The highest BCUT2D eigenvalue weighted by Gasteiger charge is 2.55. The minimum atomic E-state index is -3.84. The molecule has 0 saturated heterocycles. The summed E-state index contributed by atoms with van der Waals surface area (Å²) in [5.74, 6) is 0. The number of rotatable bonds is 4. The molecule has 0 spiro atoms. The van der Waals surface area contributed by atoms with Gasteiger partial charge in [0.1, 0.15) is 12.3 Å². The van der Waals surface area contributed by atoms with Crippen molar-refractivity contribution in [2.45, 2.75) is 41.5 Å². The van der Waals surface area contributed by atoms with Gasteiger partial charge in [-0.1, -0.05) is 0 Å². The van der Waals surface area contributed by atoms with Crippen LogP contribution in [0.3, 0.4) is 0 Å². The van der Waals surface area contributed by atoms with Crippen LogP contribution in [0.2, 0.25) is 0 Å². The molecular weight excluding hydrogens is 307 g/mol. The zero-order chi connectivity index (χ0) is 17.8. The first-order valence-corrected chi connectivity index (χ1v) is 8.83. The lowest BCUT2D eigenvalue weighted by Crippen LogP contribution is -3.11. The third kappa shape index (κ3) is 2.23. The predicted octanol–water partition coefficient (Wildman–Crippen LogP) is 2.41. The van der Waals surface area contributed by atoms with Crippen molar-refractivity contribution in [1.29, 1.82) is 0 Å². The summed E-state index contributed by atoms with van der Waals surface area (Å²) in [6.45, 7) is 10.7. The number of halogens is 2. The van der Waals surface area contributed by atoms with Gasteiger partial charge < -0.3 is 22.5 Å². The van der Waals surface area contributed by atoms with E-state index in [-0.39, 0.29) is 0 Å². The number of hydrogen-bond acceptors (Lipinski definition) is 0. The second-order valence-electron chi connectivity index (χ2n) is 7.08. The maximum absolute atomic E-state index is 15.4. The van der Waals surface area contributed by atoms with Gasteiger partial charge in [0.2, 0.25) is 0 Å². The summed E-state index contributed by atoms with van der Waals surface area (Å²) in [5.41, 5.74) is 5.67. The molecule has 0 unspecified atom stereocenters. The molecule has 0 fully saturated rings. The fourth-order valence-corrected chi connectivity index (χ4v) is 4.35. The summed E-state index contributed by atoms with van der Waals surface area (Å²) in [6, 6.07) is 1.89. The van der Waals surface area contributed by atoms with Crippen molar-refractivity contribution < 1.29 is 18.0 Å². The fourth-order valence-electron chi connectivity index (χ4n) is 4.35. The number of likely N-dealkylation sites (N-methyl/N-ethyl adjacent to an activating group) is 1. The first-order chi connectivity index (χ1) is 11.2. The number of quaternary nitrogens is 1. The Hall–Kier alpha value is -1.69. The molecule has 0 saturated carbocycles. The Kier molecular flexibility index (Phi) is 4.07. The van der Waals surface area contributed by atoms with Gasteiger partial charge in [0.25, 0.3) is 0 Å². The van der Waals surface area contributed by atoms with E-state index in [0.717, 1.165) is 47.7 Å². The highest BCUT2D eigenvalue weighted by molar-refractivity contribution is 6.58. The van der Waals surface area contributed by atoms with Gasteiger partial charge in [0, 0.05) is 24.3 Å². The van der Waals surface area contributed by atoms with Crippen LogP contribution < -0.4 is 4.90 Å². The molecule has 0 amide bonds. The van der Waals surface area contributed by atoms with Crippen LogP contribution in [0.25, 0.3) is 5.57 Å². The summed E-state index contributed by atoms with van der Waals surface area (Å²) >= 11 is 0. The quantitative estimate of drug-likeness (QED) is 0.812. The SMILES string of the molecule is CC[NH+](CC)CC1=C2C(C)=CC(C)=[N+]2[B-](F)(F)n2c(C)cc(C)c21. The van der Waals surface area contributed by atoms with Crippen LogP contribution in [0.15, 0.2) is 23.4 Å². The number of hydrogen-bond donors (Lipinski definition) is 1. The summed E-state index contributed by atoms with van der Waals surface area (Å²) in [5, 5.41) is 0. The largest absolute Gasteiger partial charge is 0.737 e. The molecule has 0 atom stereocenters. The van der Waals surface area contributed by atoms with E-state index in [2.05, 4.69) is 13.8 Å². The zero-order valence-corrected chi connectivity index (χ0v) is 15.5. The molecule has 2 aliphatic heterocycles. The van der Waals surface area contributed by atoms with E-state index in [1.54, 1.807) is 13.8 Å². The van der Waals surface area contributed by atoms with Gasteiger partial charge in [-0.25, -0.2) is 0 Å². The Morgan fingerprint density at radius 2 is 1.75 bits per heavy atom. The Balaban J connectivity index is 2.33. The standard InChI is InChI=1S/C18H26BF2N3/c1-7-22(8-2)11-16-17-12(3)9-14(5)23(17)19(20,21)24-15(6)10-13(4)18(16)24/h9-10H,7-8,11H2,1-6H3/p+1. The number of nitrogens with zero attached hydrogens (tertiary/aromatic N) is 2. The predicted molar refractivity (Wildman–Crippen MR) is 95.8 cm³/mol. The smallest absolute Gasteiger partial charge is 0.393 e. The number of nitrogens with one attached hydrogen (secondary N) is 1. The molecule has 3 heterocycles. The molecule has 1 aromatic heterocycles. The Morgan fingerprint density at radius 3 is 2.33 bits per heavy atom. The highest BCUT2D eigenvalue weighted by Crippen LogP contribution is 2.40. The molecule has 24 heavy (non-hydrogen) atoms. The van der Waals surface area contributed by atoms with Gasteiger partial charge in [0.15, 0.2) is 5.70 Å². The van der Waals surface area contributed by atoms with E-state index in [9.17, 15) is 0 Å². The Bertz CT molecular complexity index is 795. The first-order valence-electron chi connectivity index (χ1n) is 8.83. The van der Waals surface area contributed by atoms with E-state index in [1.165, 1.54) is 13.9 Å². The van der Waals surface area contributed by atoms with E-state index < -0.39 is 6.97 Å². The maximum atomic E-state index is 15.4. The minimum absolute atomic E-state index is 0.635. The molecule has 1 N–H and O–H groups in total. The van der Waals surface area contributed by atoms with Crippen molar-refractivity contribution in [3.05, 3.63) is 40.4 Å². The summed E-state index contributed by atoms with van der Waals surface area (Å²) < 4.78 is 33.3. The van der Waals surface area contributed by atoms with Crippen molar-refractivity contribution >= 4 is 18.3 Å². The molecule has 3 nitrogen and oxygen atoms in total. The molecule has 0 radical (unpaired) electrons. The average Bonchev–Trinajstić information content (AvgIpc) is 2.97.